The zero-order valence-corrected chi connectivity index (χ0v) is 13.7. The fourth-order valence-corrected chi connectivity index (χ4v) is 2.06. The highest BCUT2D eigenvalue weighted by molar-refractivity contribution is 6.06. The van der Waals surface area contributed by atoms with Crippen molar-refractivity contribution < 1.29 is 14.1 Å². The molecule has 0 unspecified atom stereocenters. The molecule has 7 nitrogen and oxygen atoms in total. The Bertz CT molecular complexity index is 630. The minimum atomic E-state index is -0.148. The van der Waals surface area contributed by atoms with Crippen LogP contribution in [0, 0.1) is 13.8 Å². The van der Waals surface area contributed by atoms with Crippen molar-refractivity contribution >= 4 is 29.4 Å². The number of aromatic nitrogens is 2. The van der Waals surface area contributed by atoms with E-state index in [0.29, 0.717) is 42.1 Å². The Kier molecular flexibility index (Phi) is 7.23. The Hall–Kier alpha value is -1.70. The van der Waals surface area contributed by atoms with E-state index in [4.69, 9.17) is 9.26 Å². The van der Waals surface area contributed by atoms with Gasteiger partial charge in [0.05, 0.1) is 23.3 Å². The number of carbonyl (C=O) groups excluding carboxylic acids is 1. The van der Waals surface area contributed by atoms with Gasteiger partial charge in [0.15, 0.2) is 0 Å². The number of amides is 1. The van der Waals surface area contributed by atoms with Gasteiger partial charge in [-0.1, -0.05) is 5.16 Å². The molecular formula is C14H21ClN4O3. The monoisotopic (exact) mass is 328 g/mol. The Morgan fingerprint density at radius 3 is 2.82 bits per heavy atom. The molecule has 2 N–H and O–H groups in total. The Balaban J connectivity index is 0.00000242. The van der Waals surface area contributed by atoms with Crippen LogP contribution in [0.4, 0.5) is 0 Å². The first-order chi connectivity index (χ1) is 10.1. The van der Waals surface area contributed by atoms with Gasteiger partial charge >= 0.3 is 0 Å². The van der Waals surface area contributed by atoms with E-state index in [0.717, 1.165) is 12.2 Å². The molecule has 2 aromatic rings. The molecule has 22 heavy (non-hydrogen) atoms. The number of fused-ring (bicyclic) bond motifs is 1. The van der Waals surface area contributed by atoms with Crippen LogP contribution in [0.25, 0.3) is 11.1 Å². The van der Waals surface area contributed by atoms with Gasteiger partial charge < -0.3 is 19.9 Å². The van der Waals surface area contributed by atoms with Crippen LogP contribution >= 0.6 is 12.4 Å². The van der Waals surface area contributed by atoms with Crippen molar-refractivity contribution in [3.05, 3.63) is 23.0 Å². The van der Waals surface area contributed by atoms with Gasteiger partial charge in [0.2, 0.25) is 0 Å². The van der Waals surface area contributed by atoms with Gasteiger partial charge in [-0.2, -0.15) is 0 Å². The highest BCUT2D eigenvalue weighted by Gasteiger charge is 2.17. The summed E-state index contributed by atoms with van der Waals surface area (Å²) in [6.07, 6.45) is 0. The van der Waals surface area contributed by atoms with Crippen molar-refractivity contribution in [2.45, 2.75) is 13.8 Å². The van der Waals surface area contributed by atoms with Crippen LogP contribution in [0.2, 0.25) is 0 Å². The lowest BCUT2D eigenvalue weighted by molar-refractivity contribution is 0.0955. The predicted octanol–water partition coefficient (Wildman–Crippen LogP) is 1.23. The number of methoxy groups -OCH3 is 1. The number of hydrogen-bond acceptors (Lipinski definition) is 6. The third kappa shape index (κ3) is 4.40. The molecule has 1 amide bonds. The summed E-state index contributed by atoms with van der Waals surface area (Å²) >= 11 is 0. The highest BCUT2D eigenvalue weighted by atomic mass is 35.5. The van der Waals surface area contributed by atoms with Crippen LogP contribution in [-0.2, 0) is 4.74 Å². The fraction of sp³-hybridized carbons (Fsp3) is 0.500. The molecule has 0 bridgehead atoms. The van der Waals surface area contributed by atoms with Crippen LogP contribution in [-0.4, -0.2) is 49.4 Å². The molecular weight excluding hydrogens is 308 g/mol. The standard InChI is InChI=1S/C14H20N4O3.ClH/c1-9-8-11(12-10(2)18-21-14(12)17-9)13(19)16-5-4-15-6-7-20-3;/h8,15H,4-7H2,1-3H3,(H,16,19);1H. The second-order valence-electron chi connectivity index (χ2n) is 4.76. The van der Waals surface area contributed by atoms with Gasteiger partial charge in [0.25, 0.3) is 11.6 Å². The molecule has 2 aromatic heterocycles. The van der Waals surface area contributed by atoms with Crippen molar-refractivity contribution in [2.24, 2.45) is 0 Å². The predicted molar refractivity (Wildman–Crippen MR) is 85.6 cm³/mol. The van der Waals surface area contributed by atoms with E-state index in [1.54, 1.807) is 20.1 Å². The average molecular weight is 329 g/mol. The maximum atomic E-state index is 12.3. The largest absolute Gasteiger partial charge is 0.383 e. The van der Waals surface area contributed by atoms with E-state index in [2.05, 4.69) is 20.8 Å². The molecule has 0 saturated heterocycles. The van der Waals surface area contributed by atoms with Crippen LogP contribution in [0.5, 0.6) is 0 Å². The number of carbonyl (C=O) groups is 1. The summed E-state index contributed by atoms with van der Waals surface area (Å²) in [6, 6.07) is 1.75. The average Bonchev–Trinajstić information content (AvgIpc) is 2.83. The number of halogens is 1. The van der Waals surface area contributed by atoms with Gasteiger partial charge in [-0.3, -0.25) is 4.79 Å². The Labute approximate surface area is 135 Å². The summed E-state index contributed by atoms with van der Waals surface area (Å²) < 4.78 is 10.1. The fourth-order valence-electron chi connectivity index (χ4n) is 2.06. The van der Waals surface area contributed by atoms with Gasteiger partial charge in [-0.25, -0.2) is 4.98 Å². The molecule has 2 rings (SSSR count). The van der Waals surface area contributed by atoms with E-state index in [9.17, 15) is 4.79 Å². The lowest BCUT2D eigenvalue weighted by Crippen LogP contribution is -2.33. The van der Waals surface area contributed by atoms with E-state index in [-0.39, 0.29) is 18.3 Å². The Morgan fingerprint density at radius 2 is 2.09 bits per heavy atom. The van der Waals surface area contributed by atoms with Crippen LogP contribution in [0.15, 0.2) is 10.6 Å². The molecule has 0 aliphatic carbocycles. The molecule has 122 valence electrons. The molecule has 2 heterocycles. The molecule has 0 aliphatic rings. The lowest BCUT2D eigenvalue weighted by Gasteiger charge is -2.08. The molecule has 0 saturated carbocycles. The molecule has 8 heteroatoms. The molecule has 0 aromatic carbocycles. The quantitative estimate of drug-likeness (QED) is 0.743. The molecule has 0 fully saturated rings. The van der Waals surface area contributed by atoms with E-state index in [1.165, 1.54) is 0 Å². The van der Waals surface area contributed by atoms with Crippen molar-refractivity contribution in [2.75, 3.05) is 33.4 Å². The molecule has 0 aliphatic heterocycles. The van der Waals surface area contributed by atoms with Gasteiger partial charge in [-0.15, -0.1) is 12.4 Å². The first kappa shape index (κ1) is 18.3. The third-order valence-corrected chi connectivity index (χ3v) is 3.06. The number of nitrogens with zero attached hydrogens (tertiary/aromatic N) is 2. The number of rotatable bonds is 7. The van der Waals surface area contributed by atoms with Crippen molar-refractivity contribution in [1.29, 1.82) is 0 Å². The van der Waals surface area contributed by atoms with Gasteiger partial charge in [0, 0.05) is 32.4 Å². The maximum Gasteiger partial charge on any atom is 0.258 e. The second-order valence-corrected chi connectivity index (χ2v) is 4.76. The highest BCUT2D eigenvalue weighted by Crippen LogP contribution is 2.21. The number of hydrogen-bond donors (Lipinski definition) is 2. The van der Waals surface area contributed by atoms with Crippen LogP contribution in [0.1, 0.15) is 21.7 Å². The smallest absolute Gasteiger partial charge is 0.258 e. The van der Waals surface area contributed by atoms with E-state index < -0.39 is 0 Å². The van der Waals surface area contributed by atoms with Crippen molar-refractivity contribution in [3.8, 4) is 0 Å². The first-order valence-corrected chi connectivity index (χ1v) is 6.85. The van der Waals surface area contributed by atoms with Crippen molar-refractivity contribution in [1.82, 2.24) is 20.8 Å². The summed E-state index contributed by atoms with van der Waals surface area (Å²) in [5.74, 6) is -0.148. The lowest BCUT2D eigenvalue weighted by atomic mass is 10.1. The zero-order chi connectivity index (χ0) is 15.2. The molecule has 0 spiro atoms. The summed E-state index contributed by atoms with van der Waals surface area (Å²) in [7, 11) is 1.65. The SMILES string of the molecule is COCCNCCNC(=O)c1cc(C)nc2onc(C)c12.Cl. The first-order valence-electron chi connectivity index (χ1n) is 6.85. The Morgan fingerprint density at radius 1 is 1.32 bits per heavy atom. The second kappa shape index (κ2) is 8.67. The number of nitrogens with one attached hydrogen (secondary N) is 2. The maximum absolute atomic E-state index is 12.3. The minimum absolute atomic E-state index is 0. The summed E-state index contributed by atoms with van der Waals surface area (Å²) in [5.41, 5.74) is 2.34. The number of pyridine rings is 1. The number of ether oxygens (including phenoxy) is 1. The zero-order valence-electron chi connectivity index (χ0n) is 12.9. The van der Waals surface area contributed by atoms with E-state index in [1.807, 2.05) is 6.92 Å². The summed E-state index contributed by atoms with van der Waals surface area (Å²) in [6.45, 7) is 6.25. The topological polar surface area (TPSA) is 89.3 Å². The van der Waals surface area contributed by atoms with Gasteiger partial charge in [0.1, 0.15) is 0 Å². The van der Waals surface area contributed by atoms with Gasteiger partial charge in [-0.05, 0) is 19.9 Å². The summed E-state index contributed by atoms with van der Waals surface area (Å²) in [4.78, 5) is 16.5. The number of aryl methyl sites for hydroxylation is 2. The molecule has 0 radical (unpaired) electrons. The van der Waals surface area contributed by atoms with Crippen molar-refractivity contribution in [3.63, 3.8) is 0 Å². The minimum Gasteiger partial charge on any atom is -0.383 e. The normalized spacial score (nSPS) is 10.5. The summed E-state index contributed by atoms with van der Waals surface area (Å²) in [5, 5.41) is 10.6. The van der Waals surface area contributed by atoms with Crippen LogP contribution < -0.4 is 10.6 Å². The molecule has 0 atom stereocenters. The van der Waals surface area contributed by atoms with E-state index >= 15 is 0 Å². The van der Waals surface area contributed by atoms with Crippen LogP contribution in [0.3, 0.4) is 0 Å². The third-order valence-electron chi connectivity index (χ3n) is 3.06.